The predicted octanol–water partition coefficient (Wildman–Crippen LogP) is 2.04. The summed E-state index contributed by atoms with van der Waals surface area (Å²) in [5, 5.41) is 0. The summed E-state index contributed by atoms with van der Waals surface area (Å²) < 4.78 is 37.5. The summed E-state index contributed by atoms with van der Waals surface area (Å²) >= 11 is 0. The van der Waals surface area contributed by atoms with E-state index in [1.165, 1.54) is 38.2 Å². The maximum Gasteiger partial charge on any atom is 0.240 e. The van der Waals surface area contributed by atoms with Crippen LogP contribution in [0.25, 0.3) is 0 Å². The van der Waals surface area contributed by atoms with E-state index in [1.807, 2.05) is 0 Å². The fourth-order valence-electron chi connectivity index (χ4n) is 2.43. The predicted molar refractivity (Wildman–Crippen MR) is 99.2 cm³/mol. The molecule has 8 heteroatoms. The smallest absolute Gasteiger partial charge is 0.240 e. The number of rotatable bonds is 8. The Hall–Kier alpha value is -2.58. The second kappa shape index (κ2) is 8.68. The molecule has 1 N–H and O–H groups in total. The molecule has 0 saturated carbocycles. The molecule has 26 heavy (non-hydrogen) atoms. The van der Waals surface area contributed by atoms with E-state index in [1.54, 1.807) is 36.4 Å². The summed E-state index contributed by atoms with van der Waals surface area (Å²) in [4.78, 5) is 13.6. The van der Waals surface area contributed by atoms with Crippen molar-refractivity contribution >= 4 is 21.6 Å². The van der Waals surface area contributed by atoms with Crippen LogP contribution in [0.15, 0.2) is 53.4 Å². The zero-order valence-corrected chi connectivity index (χ0v) is 15.7. The first-order valence-corrected chi connectivity index (χ1v) is 9.42. The number of methoxy groups -OCH3 is 2. The van der Waals surface area contributed by atoms with E-state index in [0.717, 1.165) is 0 Å². The third-order valence-corrected chi connectivity index (χ3v) is 5.23. The van der Waals surface area contributed by atoms with Crippen LogP contribution in [-0.4, -0.2) is 41.6 Å². The van der Waals surface area contributed by atoms with Crippen LogP contribution in [0.4, 0.5) is 5.69 Å². The van der Waals surface area contributed by atoms with Gasteiger partial charge < -0.3 is 14.4 Å². The number of nitrogens with one attached hydrogen (secondary N) is 1. The average molecular weight is 378 g/mol. The molecule has 2 aromatic rings. The first kappa shape index (κ1) is 19.7. The van der Waals surface area contributed by atoms with Gasteiger partial charge in [-0.15, -0.1) is 0 Å². The Morgan fingerprint density at radius 1 is 1.04 bits per heavy atom. The number of para-hydroxylation sites is 2. The number of hydrogen-bond donors (Lipinski definition) is 1. The summed E-state index contributed by atoms with van der Waals surface area (Å²) in [6.07, 6.45) is 0. The molecule has 0 unspecified atom stereocenters. The van der Waals surface area contributed by atoms with E-state index in [9.17, 15) is 13.2 Å². The number of amides is 1. The van der Waals surface area contributed by atoms with Crippen molar-refractivity contribution in [2.45, 2.75) is 11.8 Å². The fourth-order valence-corrected chi connectivity index (χ4v) is 3.45. The highest BCUT2D eigenvalue weighted by Crippen LogP contribution is 2.27. The largest absolute Gasteiger partial charge is 0.497 e. The van der Waals surface area contributed by atoms with Gasteiger partial charge in [0.25, 0.3) is 0 Å². The third kappa shape index (κ3) is 4.74. The van der Waals surface area contributed by atoms with E-state index in [2.05, 4.69) is 4.72 Å². The first-order chi connectivity index (χ1) is 12.4. The second-order valence-electron chi connectivity index (χ2n) is 5.42. The zero-order valence-electron chi connectivity index (χ0n) is 14.9. The number of anilines is 1. The lowest BCUT2D eigenvalue weighted by atomic mass is 10.2. The van der Waals surface area contributed by atoms with Crippen molar-refractivity contribution in [3.63, 3.8) is 0 Å². The van der Waals surface area contributed by atoms with Crippen LogP contribution in [0.3, 0.4) is 0 Å². The van der Waals surface area contributed by atoms with Gasteiger partial charge in [0.15, 0.2) is 0 Å². The molecule has 0 bridgehead atoms. The molecule has 0 heterocycles. The maximum absolute atomic E-state index is 12.4. The maximum atomic E-state index is 12.4. The molecule has 2 rings (SSSR count). The topological polar surface area (TPSA) is 84.9 Å². The summed E-state index contributed by atoms with van der Waals surface area (Å²) in [5.41, 5.74) is 0.589. The number of hydrogen-bond acceptors (Lipinski definition) is 5. The van der Waals surface area contributed by atoms with E-state index < -0.39 is 10.0 Å². The summed E-state index contributed by atoms with van der Waals surface area (Å²) in [7, 11) is -0.652. The van der Waals surface area contributed by atoms with Gasteiger partial charge in [0.2, 0.25) is 15.9 Å². The molecule has 0 fully saturated rings. The SMILES string of the molecule is COc1ccc(S(=O)(=O)NCCN(C(C)=O)c2ccccc2OC)cc1. The molecule has 0 radical (unpaired) electrons. The Labute approximate surface area is 153 Å². The Balaban J connectivity index is 2.08. The molecule has 0 aliphatic carbocycles. The Bertz CT molecular complexity index is 850. The summed E-state index contributed by atoms with van der Waals surface area (Å²) in [5.74, 6) is 0.904. The normalized spacial score (nSPS) is 11.0. The van der Waals surface area contributed by atoms with Gasteiger partial charge in [-0.1, -0.05) is 12.1 Å². The van der Waals surface area contributed by atoms with E-state index >= 15 is 0 Å². The van der Waals surface area contributed by atoms with Gasteiger partial charge in [0.05, 0.1) is 24.8 Å². The van der Waals surface area contributed by atoms with Gasteiger partial charge in [0, 0.05) is 20.0 Å². The number of ether oxygens (including phenoxy) is 2. The van der Waals surface area contributed by atoms with Crippen LogP contribution in [0.2, 0.25) is 0 Å². The van der Waals surface area contributed by atoms with Crippen LogP contribution in [0.5, 0.6) is 11.5 Å². The van der Waals surface area contributed by atoms with Gasteiger partial charge in [0.1, 0.15) is 11.5 Å². The first-order valence-electron chi connectivity index (χ1n) is 7.94. The summed E-state index contributed by atoms with van der Waals surface area (Å²) in [6, 6.07) is 13.2. The van der Waals surface area contributed by atoms with Gasteiger partial charge in [-0.25, -0.2) is 13.1 Å². The molecule has 0 aliphatic heterocycles. The molecule has 0 atom stereocenters. The van der Waals surface area contributed by atoms with Crippen molar-refractivity contribution in [1.29, 1.82) is 0 Å². The molecule has 0 aliphatic rings. The highest BCUT2D eigenvalue weighted by molar-refractivity contribution is 7.89. The van der Waals surface area contributed by atoms with Gasteiger partial charge in [-0.3, -0.25) is 4.79 Å². The number of sulfonamides is 1. The molecule has 0 saturated heterocycles. The lowest BCUT2D eigenvalue weighted by molar-refractivity contribution is -0.116. The lowest BCUT2D eigenvalue weighted by Crippen LogP contribution is -2.37. The van der Waals surface area contributed by atoms with Crippen molar-refractivity contribution in [1.82, 2.24) is 4.72 Å². The number of carbonyl (C=O) groups is 1. The molecule has 7 nitrogen and oxygen atoms in total. The van der Waals surface area contributed by atoms with Gasteiger partial charge in [-0.2, -0.15) is 0 Å². The molecule has 2 aromatic carbocycles. The van der Waals surface area contributed by atoms with E-state index in [0.29, 0.717) is 17.2 Å². The highest BCUT2D eigenvalue weighted by Gasteiger charge is 2.18. The number of carbonyl (C=O) groups excluding carboxylic acids is 1. The molecule has 0 spiro atoms. The van der Waals surface area contributed by atoms with Crippen molar-refractivity contribution in [3.8, 4) is 11.5 Å². The molecular formula is C18H22N2O5S. The van der Waals surface area contributed by atoms with Crippen LogP contribution in [0, 0.1) is 0 Å². The van der Waals surface area contributed by atoms with Crippen LogP contribution >= 0.6 is 0 Å². The minimum Gasteiger partial charge on any atom is -0.497 e. The number of nitrogens with zero attached hydrogens (tertiary/aromatic N) is 1. The van der Waals surface area contributed by atoms with Crippen LogP contribution in [-0.2, 0) is 14.8 Å². The molecular weight excluding hydrogens is 356 g/mol. The second-order valence-corrected chi connectivity index (χ2v) is 7.18. The van der Waals surface area contributed by atoms with Crippen molar-refractivity contribution in [3.05, 3.63) is 48.5 Å². The molecule has 1 amide bonds. The van der Waals surface area contributed by atoms with Crippen molar-refractivity contribution < 1.29 is 22.7 Å². The highest BCUT2D eigenvalue weighted by atomic mass is 32.2. The van der Waals surface area contributed by atoms with Gasteiger partial charge >= 0.3 is 0 Å². The standard InChI is InChI=1S/C18H22N2O5S/c1-14(21)20(17-6-4-5-7-18(17)25-3)13-12-19-26(22,23)16-10-8-15(24-2)9-11-16/h4-11,19H,12-13H2,1-3H3. The fraction of sp³-hybridized carbons (Fsp3) is 0.278. The molecule has 140 valence electrons. The van der Waals surface area contributed by atoms with Crippen LogP contribution < -0.4 is 19.1 Å². The average Bonchev–Trinajstić information content (AvgIpc) is 2.65. The zero-order chi connectivity index (χ0) is 19.2. The van der Waals surface area contributed by atoms with Crippen molar-refractivity contribution in [2.24, 2.45) is 0 Å². The van der Waals surface area contributed by atoms with Gasteiger partial charge in [-0.05, 0) is 36.4 Å². The van der Waals surface area contributed by atoms with E-state index in [4.69, 9.17) is 9.47 Å². The third-order valence-electron chi connectivity index (χ3n) is 3.75. The van der Waals surface area contributed by atoms with Crippen molar-refractivity contribution in [2.75, 3.05) is 32.2 Å². The minimum absolute atomic E-state index is 0.0615. The van der Waals surface area contributed by atoms with Crippen LogP contribution in [0.1, 0.15) is 6.92 Å². The monoisotopic (exact) mass is 378 g/mol. The Morgan fingerprint density at radius 2 is 1.69 bits per heavy atom. The quantitative estimate of drug-likeness (QED) is 0.760. The Kier molecular flexibility index (Phi) is 6.59. The van der Waals surface area contributed by atoms with E-state index in [-0.39, 0.29) is 23.9 Å². The lowest BCUT2D eigenvalue weighted by Gasteiger charge is -2.23. The molecule has 0 aromatic heterocycles. The Morgan fingerprint density at radius 3 is 2.27 bits per heavy atom. The number of benzene rings is 2. The summed E-state index contributed by atoms with van der Waals surface area (Å²) in [6.45, 7) is 1.65. The minimum atomic E-state index is -3.68.